The summed E-state index contributed by atoms with van der Waals surface area (Å²) in [4.78, 5) is 11.7. The predicted octanol–water partition coefficient (Wildman–Crippen LogP) is 14.3. The van der Waals surface area contributed by atoms with Crippen LogP contribution < -0.4 is 0 Å². The summed E-state index contributed by atoms with van der Waals surface area (Å²) >= 11 is 1.68. The average molecular weight is 743 g/mol. The van der Waals surface area contributed by atoms with Crippen LogP contribution >= 0.6 is 11.3 Å². The molecule has 12 aromatic rings. The third-order valence-electron chi connectivity index (χ3n) is 11.6. The molecular formula is C53H30N2OS. The molecule has 12 rings (SSSR count). The summed E-state index contributed by atoms with van der Waals surface area (Å²) in [5.74, 6) is 3.01. The molecule has 0 unspecified atom stereocenters. The number of fused-ring (bicyclic) bond motifs is 13. The highest BCUT2D eigenvalue weighted by Crippen LogP contribution is 2.42. The minimum absolute atomic E-state index is 0.650. The van der Waals surface area contributed by atoms with Crippen molar-refractivity contribution in [3.05, 3.63) is 180 Å². The van der Waals surface area contributed by atoms with E-state index in [4.69, 9.17) is 20.8 Å². The highest BCUT2D eigenvalue weighted by atomic mass is 32.1. The first kappa shape index (κ1) is 32.0. The Morgan fingerprint density at radius 1 is 0.509 bits per heavy atom. The van der Waals surface area contributed by atoms with E-state index < -0.39 is 0 Å². The molecular weight excluding hydrogens is 713 g/mol. The second-order valence-corrected chi connectivity index (χ2v) is 15.8. The molecule has 0 bridgehead atoms. The third kappa shape index (κ3) is 4.93. The van der Waals surface area contributed by atoms with Gasteiger partial charge in [0.15, 0.2) is 0 Å². The van der Waals surface area contributed by atoms with Gasteiger partial charge in [-0.25, -0.2) is 9.97 Å². The van der Waals surface area contributed by atoms with E-state index in [0.717, 1.165) is 82.1 Å². The number of hydrogen-bond donors (Lipinski definition) is 0. The molecule has 3 nitrogen and oxygen atoms in total. The van der Waals surface area contributed by atoms with Crippen LogP contribution in [0.25, 0.3) is 108 Å². The highest BCUT2D eigenvalue weighted by Gasteiger charge is 2.20. The SMILES string of the molecule is C#Cc1ccc(-c2nc3sc4ccccc4c3nc2-c2ccc3ccccc3c2)cc1Cc1cc2ccccc2c2c1ccc1c2ccc2c3ccccc3oc21. The van der Waals surface area contributed by atoms with Crippen molar-refractivity contribution in [1.29, 1.82) is 0 Å². The Labute approximate surface area is 331 Å². The van der Waals surface area contributed by atoms with Crippen LogP contribution in [0, 0.1) is 12.3 Å². The Hall–Kier alpha value is -7.32. The maximum absolute atomic E-state index is 6.51. The molecule has 0 aliphatic rings. The van der Waals surface area contributed by atoms with Gasteiger partial charge in [-0.2, -0.15) is 0 Å². The van der Waals surface area contributed by atoms with Gasteiger partial charge in [-0.1, -0.05) is 127 Å². The van der Waals surface area contributed by atoms with Crippen molar-refractivity contribution in [1.82, 2.24) is 9.97 Å². The molecule has 0 atom stereocenters. The molecule has 4 heteroatoms. The smallest absolute Gasteiger partial charge is 0.143 e. The Balaban J connectivity index is 1.06. The van der Waals surface area contributed by atoms with Gasteiger partial charge in [-0.15, -0.1) is 17.8 Å². The first-order valence-corrected chi connectivity index (χ1v) is 20.0. The van der Waals surface area contributed by atoms with Crippen molar-refractivity contribution in [2.75, 3.05) is 0 Å². The Morgan fingerprint density at radius 2 is 1.18 bits per heavy atom. The minimum atomic E-state index is 0.650. The molecule has 0 aliphatic heterocycles. The van der Waals surface area contributed by atoms with Crippen LogP contribution in [-0.4, -0.2) is 9.97 Å². The number of terminal acetylenes is 1. The molecule has 264 valence electrons. The van der Waals surface area contributed by atoms with E-state index >= 15 is 0 Å². The van der Waals surface area contributed by atoms with Crippen LogP contribution in [0.1, 0.15) is 16.7 Å². The number of rotatable bonds is 4. The van der Waals surface area contributed by atoms with Crippen molar-refractivity contribution in [2.24, 2.45) is 0 Å². The van der Waals surface area contributed by atoms with Crippen molar-refractivity contribution in [3.8, 4) is 34.9 Å². The normalized spacial score (nSPS) is 11.9. The van der Waals surface area contributed by atoms with E-state index in [1.54, 1.807) is 11.3 Å². The zero-order valence-electron chi connectivity index (χ0n) is 30.6. The molecule has 0 saturated heterocycles. The standard InChI is InChI=1S/C53H30N2OS/c1-2-31-19-21-36(50-49(35-22-20-32-11-3-4-12-33(32)27-35)54-51-45-16-8-10-18-47(45)57-53(51)55-50)29-37(31)30-38-28-34-13-5-6-14-39(34)48-40(38)23-25-44-42(48)24-26-43-41-15-7-9-17-46(41)56-52(43)44/h1,3-29H,30H2. The molecule has 9 aromatic carbocycles. The highest BCUT2D eigenvalue weighted by molar-refractivity contribution is 7.25. The monoisotopic (exact) mass is 742 g/mol. The fourth-order valence-corrected chi connectivity index (χ4v) is 9.92. The summed E-state index contributed by atoms with van der Waals surface area (Å²) in [6.07, 6.45) is 6.91. The minimum Gasteiger partial charge on any atom is -0.455 e. The molecule has 0 aliphatic carbocycles. The van der Waals surface area contributed by atoms with Gasteiger partial charge >= 0.3 is 0 Å². The summed E-state index contributed by atoms with van der Waals surface area (Å²) < 4.78 is 7.69. The van der Waals surface area contributed by atoms with E-state index in [0.29, 0.717) is 6.42 Å². The third-order valence-corrected chi connectivity index (χ3v) is 12.7. The van der Waals surface area contributed by atoms with E-state index in [9.17, 15) is 0 Å². The molecule has 3 aromatic heterocycles. The second kappa shape index (κ2) is 12.3. The largest absolute Gasteiger partial charge is 0.455 e. The van der Waals surface area contributed by atoms with Crippen LogP contribution in [0.2, 0.25) is 0 Å². The number of nitrogens with zero attached hydrogens (tertiary/aromatic N) is 2. The molecule has 0 radical (unpaired) electrons. The first-order chi connectivity index (χ1) is 28.2. The van der Waals surface area contributed by atoms with E-state index in [1.165, 1.54) is 42.6 Å². The summed E-state index contributed by atoms with van der Waals surface area (Å²) in [7, 11) is 0. The lowest BCUT2D eigenvalue weighted by molar-refractivity contribution is 0.672. The summed E-state index contributed by atoms with van der Waals surface area (Å²) in [6, 6.07) is 58.1. The fraction of sp³-hybridized carbons (Fsp3) is 0.0189. The molecule has 0 spiro atoms. The van der Waals surface area contributed by atoms with E-state index in [-0.39, 0.29) is 0 Å². The lowest BCUT2D eigenvalue weighted by Gasteiger charge is -2.16. The lowest BCUT2D eigenvalue weighted by atomic mass is 9.88. The van der Waals surface area contributed by atoms with E-state index in [1.807, 2.05) is 12.1 Å². The Kier molecular flexibility index (Phi) is 6.93. The number of benzene rings is 9. The van der Waals surface area contributed by atoms with Gasteiger partial charge in [-0.3, -0.25) is 0 Å². The van der Waals surface area contributed by atoms with Gasteiger partial charge in [0.1, 0.15) is 21.5 Å². The molecule has 0 saturated carbocycles. The lowest BCUT2D eigenvalue weighted by Crippen LogP contribution is -1.98. The van der Waals surface area contributed by atoms with E-state index in [2.05, 4.69) is 158 Å². The van der Waals surface area contributed by atoms with Crippen molar-refractivity contribution in [2.45, 2.75) is 6.42 Å². The zero-order valence-corrected chi connectivity index (χ0v) is 31.4. The van der Waals surface area contributed by atoms with Crippen LogP contribution in [0.5, 0.6) is 0 Å². The van der Waals surface area contributed by atoms with Crippen LogP contribution in [0.15, 0.2) is 168 Å². The van der Waals surface area contributed by atoms with Gasteiger partial charge in [0.25, 0.3) is 0 Å². The summed E-state index contributed by atoms with van der Waals surface area (Å²) in [5, 5.41) is 12.9. The van der Waals surface area contributed by atoms with Crippen LogP contribution in [0.4, 0.5) is 0 Å². The van der Waals surface area contributed by atoms with Crippen LogP contribution in [0.3, 0.4) is 0 Å². The van der Waals surface area contributed by atoms with Gasteiger partial charge in [0.2, 0.25) is 0 Å². The molecule has 0 fully saturated rings. The summed E-state index contributed by atoms with van der Waals surface area (Å²) in [6.45, 7) is 0. The Morgan fingerprint density at radius 3 is 2.05 bits per heavy atom. The molecule has 3 heterocycles. The number of aromatic nitrogens is 2. The maximum atomic E-state index is 6.51. The predicted molar refractivity (Wildman–Crippen MR) is 240 cm³/mol. The molecule has 0 amide bonds. The zero-order chi connectivity index (χ0) is 37.6. The van der Waals surface area contributed by atoms with Crippen molar-refractivity contribution < 1.29 is 4.42 Å². The van der Waals surface area contributed by atoms with Crippen molar-refractivity contribution in [3.63, 3.8) is 0 Å². The maximum Gasteiger partial charge on any atom is 0.143 e. The van der Waals surface area contributed by atoms with Crippen molar-refractivity contribution >= 4 is 96.8 Å². The topological polar surface area (TPSA) is 38.9 Å². The van der Waals surface area contributed by atoms with Gasteiger partial charge in [0.05, 0.1) is 11.4 Å². The fourth-order valence-electron chi connectivity index (χ4n) is 8.90. The number of para-hydroxylation sites is 1. The number of hydrogen-bond acceptors (Lipinski definition) is 4. The molecule has 57 heavy (non-hydrogen) atoms. The number of furan rings is 1. The Bertz CT molecular complexity index is 3700. The molecule has 0 N–H and O–H groups in total. The van der Waals surface area contributed by atoms with Gasteiger partial charge in [0, 0.05) is 42.9 Å². The average Bonchev–Trinajstić information content (AvgIpc) is 3.84. The van der Waals surface area contributed by atoms with Gasteiger partial charge < -0.3 is 4.42 Å². The quantitative estimate of drug-likeness (QED) is 0.133. The number of thiophene rings is 1. The first-order valence-electron chi connectivity index (χ1n) is 19.1. The van der Waals surface area contributed by atoms with Crippen LogP contribution in [-0.2, 0) is 6.42 Å². The van der Waals surface area contributed by atoms with Gasteiger partial charge in [-0.05, 0) is 97.7 Å². The second-order valence-electron chi connectivity index (χ2n) is 14.8. The summed E-state index contributed by atoms with van der Waals surface area (Å²) in [5.41, 5.74) is 9.63.